The van der Waals surface area contributed by atoms with Crippen LogP contribution < -0.4 is 4.74 Å². The number of ether oxygens (including phenoxy) is 1. The van der Waals surface area contributed by atoms with Crippen LogP contribution in [0.4, 0.5) is 0 Å². The third-order valence-electron chi connectivity index (χ3n) is 1.82. The van der Waals surface area contributed by atoms with E-state index in [1.807, 2.05) is 0 Å². The van der Waals surface area contributed by atoms with Gasteiger partial charge in [-0.3, -0.25) is 4.79 Å². The van der Waals surface area contributed by atoms with E-state index in [0.29, 0.717) is 5.75 Å². The SMILES string of the molecule is CS(=O)(=O)c1cccc(OCCC(=O)O)c1. The molecule has 5 nitrogen and oxygen atoms in total. The smallest absolute Gasteiger partial charge is 0.306 e. The predicted molar refractivity (Wildman–Crippen MR) is 57.3 cm³/mol. The summed E-state index contributed by atoms with van der Waals surface area (Å²) < 4.78 is 27.5. The van der Waals surface area contributed by atoms with Crippen LogP contribution >= 0.6 is 0 Å². The first-order valence-electron chi connectivity index (χ1n) is 4.54. The predicted octanol–water partition coefficient (Wildman–Crippen LogP) is 0.944. The summed E-state index contributed by atoms with van der Waals surface area (Å²) in [6.45, 7) is 0.0164. The summed E-state index contributed by atoms with van der Waals surface area (Å²) in [5.74, 6) is -0.608. The molecule has 0 fully saturated rings. The van der Waals surface area contributed by atoms with Crippen LogP contribution in [0.2, 0.25) is 0 Å². The number of aliphatic carboxylic acids is 1. The number of carboxylic acid groups (broad SMARTS) is 1. The van der Waals surface area contributed by atoms with Gasteiger partial charge in [-0.25, -0.2) is 8.42 Å². The third-order valence-corrected chi connectivity index (χ3v) is 2.93. The fraction of sp³-hybridized carbons (Fsp3) is 0.300. The average Bonchev–Trinajstić information content (AvgIpc) is 2.16. The normalized spacial score (nSPS) is 11.1. The molecule has 0 amide bonds. The molecule has 0 bridgehead atoms. The average molecular weight is 244 g/mol. The highest BCUT2D eigenvalue weighted by Gasteiger charge is 2.07. The van der Waals surface area contributed by atoms with Gasteiger partial charge in [-0.15, -0.1) is 0 Å². The van der Waals surface area contributed by atoms with Gasteiger partial charge in [-0.2, -0.15) is 0 Å². The maximum absolute atomic E-state index is 11.2. The molecule has 0 aliphatic heterocycles. The zero-order valence-electron chi connectivity index (χ0n) is 8.71. The maximum Gasteiger partial charge on any atom is 0.306 e. The molecule has 0 aromatic heterocycles. The number of hydrogen-bond donors (Lipinski definition) is 1. The standard InChI is InChI=1S/C10H12O5S/c1-16(13,14)9-4-2-3-8(7-9)15-6-5-10(11)12/h2-4,7H,5-6H2,1H3,(H,11,12). The highest BCUT2D eigenvalue weighted by atomic mass is 32.2. The topological polar surface area (TPSA) is 80.7 Å². The minimum Gasteiger partial charge on any atom is -0.493 e. The Bertz CT molecular complexity index is 478. The molecule has 88 valence electrons. The van der Waals surface area contributed by atoms with E-state index in [2.05, 4.69) is 0 Å². The molecular weight excluding hydrogens is 232 g/mol. The Balaban J connectivity index is 2.72. The van der Waals surface area contributed by atoms with Gasteiger partial charge < -0.3 is 9.84 Å². The Kier molecular flexibility index (Phi) is 3.89. The maximum atomic E-state index is 11.2. The van der Waals surface area contributed by atoms with Crippen molar-refractivity contribution in [3.63, 3.8) is 0 Å². The number of hydrogen-bond acceptors (Lipinski definition) is 4. The molecule has 0 saturated heterocycles. The molecule has 1 aromatic rings. The Hall–Kier alpha value is -1.56. The molecule has 16 heavy (non-hydrogen) atoms. The van der Waals surface area contributed by atoms with E-state index in [9.17, 15) is 13.2 Å². The van der Waals surface area contributed by atoms with Gasteiger partial charge in [0.2, 0.25) is 0 Å². The van der Waals surface area contributed by atoms with Crippen LogP contribution in [0.1, 0.15) is 6.42 Å². The third kappa shape index (κ3) is 3.90. The summed E-state index contributed by atoms with van der Waals surface area (Å²) in [5, 5.41) is 8.40. The lowest BCUT2D eigenvalue weighted by molar-refractivity contribution is -0.137. The highest BCUT2D eigenvalue weighted by molar-refractivity contribution is 7.90. The first-order chi connectivity index (χ1) is 7.39. The van der Waals surface area contributed by atoms with Crippen molar-refractivity contribution in [3.05, 3.63) is 24.3 Å². The fourth-order valence-corrected chi connectivity index (χ4v) is 1.71. The lowest BCUT2D eigenvalue weighted by Gasteiger charge is -2.05. The second-order valence-corrected chi connectivity index (χ2v) is 5.25. The molecule has 0 saturated carbocycles. The molecule has 0 radical (unpaired) electrons. The number of sulfone groups is 1. The Labute approximate surface area is 93.6 Å². The summed E-state index contributed by atoms with van der Waals surface area (Å²) in [7, 11) is -3.26. The molecule has 0 aliphatic carbocycles. The van der Waals surface area contributed by atoms with Crippen LogP contribution in [-0.2, 0) is 14.6 Å². The van der Waals surface area contributed by atoms with Gasteiger partial charge in [0.1, 0.15) is 5.75 Å². The van der Waals surface area contributed by atoms with Crippen molar-refractivity contribution >= 4 is 15.8 Å². The van der Waals surface area contributed by atoms with Crippen molar-refractivity contribution in [1.82, 2.24) is 0 Å². The fourth-order valence-electron chi connectivity index (χ4n) is 1.05. The number of carbonyl (C=O) groups is 1. The summed E-state index contributed by atoms with van der Waals surface area (Å²) >= 11 is 0. The van der Waals surface area contributed by atoms with Crippen molar-refractivity contribution in [2.45, 2.75) is 11.3 Å². The van der Waals surface area contributed by atoms with Gasteiger partial charge in [0.05, 0.1) is 17.9 Å². The van der Waals surface area contributed by atoms with E-state index in [1.165, 1.54) is 12.1 Å². The molecular formula is C10H12O5S. The molecule has 1 N–H and O–H groups in total. The lowest BCUT2D eigenvalue weighted by Crippen LogP contribution is -2.05. The van der Waals surface area contributed by atoms with E-state index in [1.54, 1.807) is 12.1 Å². The zero-order valence-corrected chi connectivity index (χ0v) is 9.53. The van der Waals surface area contributed by atoms with Crippen LogP contribution in [0.3, 0.4) is 0 Å². The van der Waals surface area contributed by atoms with E-state index in [0.717, 1.165) is 6.26 Å². The second kappa shape index (κ2) is 4.98. The van der Waals surface area contributed by atoms with Crippen LogP contribution in [0.25, 0.3) is 0 Å². The lowest BCUT2D eigenvalue weighted by atomic mass is 10.3. The molecule has 1 aromatic carbocycles. The molecule has 0 unspecified atom stereocenters. The van der Waals surface area contributed by atoms with Crippen LogP contribution in [0, 0.1) is 0 Å². The molecule has 1 rings (SSSR count). The monoisotopic (exact) mass is 244 g/mol. The van der Waals surface area contributed by atoms with Crippen molar-refractivity contribution in [2.75, 3.05) is 12.9 Å². The van der Waals surface area contributed by atoms with Crippen LogP contribution in [-0.4, -0.2) is 32.4 Å². The number of benzene rings is 1. The van der Waals surface area contributed by atoms with Gasteiger partial charge in [-0.05, 0) is 18.2 Å². The van der Waals surface area contributed by atoms with Gasteiger partial charge in [0, 0.05) is 6.26 Å². The minimum absolute atomic E-state index is 0.0164. The van der Waals surface area contributed by atoms with Gasteiger partial charge >= 0.3 is 5.97 Å². The Morgan fingerprint density at radius 2 is 2.12 bits per heavy atom. The Morgan fingerprint density at radius 3 is 2.69 bits per heavy atom. The number of carboxylic acids is 1. The first-order valence-corrected chi connectivity index (χ1v) is 6.43. The van der Waals surface area contributed by atoms with Crippen molar-refractivity contribution in [3.8, 4) is 5.75 Å². The largest absolute Gasteiger partial charge is 0.493 e. The molecule has 0 aliphatic rings. The summed E-state index contributed by atoms with van der Waals surface area (Å²) in [5.41, 5.74) is 0. The van der Waals surface area contributed by atoms with E-state index >= 15 is 0 Å². The van der Waals surface area contributed by atoms with E-state index < -0.39 is 15.8 Å². The van der Waals surface area contributed by atoms with Gasteiger partial charge in [0.25, 0.3) is 0 Å². The summed E-state index contributed by atoms with van der Waals surface area (Å²) in [6.07, 6.45) is 0.979. The van der Waals surface area contributed by atoms with Gasteiger partial charge in [0.15, 0.2) is 9.84 Å². The van der Waals surface area contributed by atoms with Gasteiger partial charge in [-0.1, -0.05) is 6.07 Å². The van der Waals surface area contributed by atoms with Crippen molar-refractivity contribution in [2.24, 2.45) is 0 Å². The number of rotatable bonds is 5. The zero-order chi connectivity index (χ0) is 12.2. The van der Waals surface area contributed by atoms with Crippen LogP contribution in [0.15, 0.2) is 29.2 Å². The van der Waals surface area contributed by atoms with Crippen LogP contribution in [0.5, 0.6) is 5.75 Å². The molecule has 0 spiro atoms. The molecule has 0 atom stereocenters. The quantitative estimate of drug-likeness (QED) is 0.833. The molecule has 0 heterocycles. The second-order valence-electron chi connectivity index (χ2n) is 3.24. The highest BCUT2D eigenvalue weighted by Crippen LogP contribution is 2.17. The Morgan fingerprint density at radius 1 is 1.44 bits per heavy atom. The van der Waals surface area contributed by atoms with E-state index in [-0.39, 0.29) is 17.9 Å². The molecule has 6 heteroatoms. The first kappa shape index (κ1) is 12.5. The summed E-state index contributed by atoms with van der Waals surface area (Å²) in [4.78, 5) is 10.4. The van der Waals surface area contributed by atoms with E-state index in [4.69, 9.17) is 9.84 Å². The summed E-state index contributed by atoms with van der Waals surface area (Å²) in [6, 6.07) is 5.96. The van der Waals surface area contributed by atoms with Crippen molar-refractivity contribution < 1.29 is 23.1 Å². The van der Waals surface area contributed by atoms with Crippen molar-refractivity contribution in [1.29, 1.82) is 0 Å². The minimum atomic E-state index is -3.26.